The molecular formula is C17H19NO5. The van der Waals surface area contributed by atoms with Crippen molar-refractivity contribution in [3.63, 3.8) is 0 Å². The quantitative estimate of drug-likeness (QED) is 0.611. The lowest BCUT2D eigenvalue weighted by atomic mass is 10.1. The van der Waals surface area contributed by atoms with Crippen LogP contribution in [0.5, 0.6) is 0 Å². The van der Waals surface area contributed by atoms with Crippen molar-refractivity contribution >= 4 is 17.8 Å². The number of carbonyl (C=O) groups excluding carboxylic acids is 3. The molecule has 6 heteroatoms. The van der Waals surface area contributed by atoms with Crippen LogP contribution in [0.2, 0.25) is 0 Å². The van der Waals surface area contributed by atoms with Gasteiger partial charge in [0.1, 0.15) is 6.10 Å². The van der Waals surface area contributed by atoms with Crippen LogP contribution < -0.4 is 0 Å². The molecule has 6 nitrogen and oxygen atoms in total. The summed E-state index contributed by atoms with van der Waals surface area (Å²) in [5.41, 5.74) is 0.780. The third-order valence-corrected chi connectivity index (χ3v) is 4.40. The second-order valence-corrected chi connectivity index (χ2v) is 5.79. The Labute approximate surface area is 134 Å². The maximum absolute atomic E-state index is 12.2. The maximum atomic E-state index is 12.2. The molecule has 1 fully saturated rings. The minimum atomic E-state index is -0.407. The van der Waals surface area contributed by atoms with Crippen LogP contribution >= 0.6 is 0 Å². The molecule has 0 N–H and O–H groups in total. The van der Waals surface area contributed by atoms with Gasteiger partial charge in [-0.1, -0.05) is 12.1 Å². The van der Waals surface area contributed by atoms with Crippen LogP contribution in [0.1, 0.15) is 46.4 Å². The summed E-state index contributed by atoms with van der Waals surface area (Å²) in [6.45, 7) is 0.0373. The van der Waals surface area contributed by atoms with Gasteiger partial charge in [0.15, 0.2) is 0 Å². The summed E-state index contributed by atoms with van der Waals surface area (Å²) in [7, 11) is 1.61. The monoisotopic (exact) mass is 317 g/mol. The van der Waals surface area contributed by atoms with Gasteiger partial charge >= 0.3 is 5.97 Å². The van der Waals surface area contributed by atoms with Crippen molar-refractivity contribution in [2.45, 2.75) is 37.9 Å². The topological polar surface area (TPSA) is 72.9 Å². The highest BCUT2D eigenvalue weighted by atomic mass is 16.6. The number of methoxy groups -OCH3 is 1. The number of benzene rings is 1. The number of carbonyl (C=O) groups is 3. The molecule has 0 radical (unpaired) electrons. The number of rotatable bonds is 5. The van der Waals surface area contributed by atoms with Gasteiger partial charge in [0, 0.05) is 13.7 Å². The zero-order chi connectivity index (χ0) is 16.4. The highest BCUT2D eigenvalue weighted by Gasteiger charge is 2.36. The van der Waals surface area contributed by atoms with Crippen molar-refractivity contribution in [1.29, 1.82) is 0 Å². The number of nitrogens with zero attached hydrogens (tertiary/aromatic N) is 1. The first-order valence-corrected chi connectivity index (χ1v) is 7.79. The average molecular weight is 317 g/mol. The van der Waals surface area contributed by atoms with Gasteiger partial charge in [-0.25, -0.2) is 0 Å². The van der Waals surface area contributed by atoms with E-state index in [1.807, 2.05) is 0 Å². The second kappa shape index (κ2) is 6.50. The lowest BCUT2D eigenvalue weighted by Crippen LogP contribution is -2.33. The molecule has 0 unspecified atom stereocenters. The Bertz CT molecular complexity index is 607. The molecule has 1 heterocycles. The standard InChI is InChI=1S/C17H19NO5/c1-22-13-7-4-8-14(13)23-15(19)9-10-18-16(20)11-5-2-3-6-12(11)17(18)21/h2-3,5-6,13-14H,4,7-10H2,1H3/t13-,14+/m0/s1. The number of hydrogen-bond acceptors (Lipinski definition) is 5. The summed E-state index contributed by atoms with van der Waals surface area (Å²) in [6, 6.07) is 6.67. The van der Waals surface area contributed by atoms with Gasteiger partial charge in [0.2, 0.25) is 0 Å². The number of amides is 2. The molecule has 2 atom stereocenters. The number of hydrogen-bond donors (Lipinski definition) is 0. The van der Waals surface area contributed by atoms with E-state index in [4.69, 9.17) is 9.47 Å². The van der Waals surface area contributed by atoms with E-state index in [1.54, 1.807) is 31.4 Å². The Kier molecular flexibility index (Phi) is 4.43. The van der Waals surface area contributed by atoms with Gasteiger partial charge in [-0.05, 0) is 31.4 Å². The predicted octanol–water partition coefficient (Wildman–Crippen LogP) is 1.78. The summed E-state index contributed by atoms with van der Waals surface area (Å²) in [6.07, 6.45) is 2.35. The third kappa shape index (κ3) is 2.99. The van der Waals surface area contributed by atoms with E-state index in [0.717, 1.165) is 24.2 Å². The molecule has 0 bridgehead atoms. The van der Waals surface area contributed by atoms with E-state index >= 15 is 0 Å². The van der Waals surface area contributed by atoms with Crippen LogP contribution in [0.4, 0.5) is 0 Å². The van der Waals surface area contributed by atoms with Gasteiger partial charge in [-0.2, -0.15) is 0 Å². The molecule has 122 valence electrons. The van der Waals surface area contributed by atoms with Crippen molar-refractivity contribution in [3.8, 4) is 0 Å². The number of fused-ring (bicyclic) bond motifs is 1. The van der Waals surface area contributed by atoms with E-state index in [9.17, 15) is 14.4 Å². The van der Waals surface area contributed by atoms with Crippen LogP contribution in [0.25, 0.3) is 0 Å². The molecule has 2 aliphatic rings. The van der Waals surface area contributed by atoms with E-state index in [0.29, 0.717) is 11.1 Å². The SMILES string of the molecule is CO[C@H]1CCC[C@H]1OC(=O)CCN1C(=O)c2ccccc2C1=O. The molecule has 1 aliphatic heterocycles. The largest absolute Gasteiger partial charge is 0.460 e. The highest BCUT2D eigenvalue weighted by molar-refractivity contribution is 6.21. The van der Waals surface area contributed by atoms with Crippen molar-refractivity contribution < 1.29 is 23.9 Å². The Morgan fingerprint density at radius 3 is 2.35 bits per heavy atom. The van der Waals surface area contributed by atoms with E-state index in [1.165, 1.54) is 0 Å². The van der Waals surface area contributed by atoms with Gasteiger partial charge in [0.05, 0.1) is 23.7 Å². The highest BCUT2D eigenvalue weighted by Crippen LogP contribution is 2.25. The van der Waals surface area contributed by atoms with Crippen molar-refractivity contribution in [2.75, 3.05) is 13.7 Å². The Morgan fingerprint density at radius 1 is 1.13 bits per heavy atom. The smallest absolute Gasteiger partial charge is 0.307 e. The van der Waals surface area contributed by atoms with E-state index < -0.39 is 5.97 Å². The molecule has 0 saturated heterocycles. The maximum Gasteiger partial charge on any atom is 0.307 e. The van der Waals surface area contributed by atoms with Gasteiger partial charge in [0.25, 0.3) is 11.8 Å². The summed E-state index contributed by atoms with van der Waals surface area (Å²) >= 11 is 0. The van der Waals surface area contributed by atoms with Crippen LogP contribution in [0, 0.1) is 0 Å². The van der Waals surface area contributed by atoms with Crippen LogP contribution in [-0.2, 0) is 14.3 Å². The Balaban J connectivity index is 1.56. The molecule has 1 aromatic rings. The lowest BCUT2D eigenvalue weighted by Gasteiger charge is -2.19. The fourth-order valence-electron chi connectivity index (χ4n) is 3.17. The van der Waals surface area contributed by atoms with E-state index in [-0.39, 0.29) is 37.0 Å². The first-order chi connectivity index (χ1) is 11.1. The van der Waals surface area contributed by atoms with Crippen LogP contribution in [0.3, 0.4) is 0 Å². The Hall–Kier alpha value is -2.21. The minimum Gasteiger partial charge on any atom is -0.460 e. The fourth-order valence-corrected chi connectivity index (χ4v) is 3.17. The molecule has 0 spiro atoms. The van der Waals surface area contributed by atoms with Crippen LogP contribution in [-0.4, -0.2) is 48.5 Å². The number of ether oxygens (including phenoxy) is 2. The zero-order valence-electron chi connectivity index (χ0n) is 13.0. The van der Waals surface area contributed by atoms with Crippen LogP contribution in [0.15, 0.2) is 24.3 Å². The Morgan fingerprint density at radius 2 is 1.74 bits per heavy atom. The third-order valence-electron chi connectivity index (χ3n) is 4.40. The summed E-state index contributed by atoms with van der Waals surface area (Å²) in [5, 5.41) is 0. The predicted molar refractivity (Wildman–Crippen MR) is 81.0 cm³/mol. The molecule has 3 rings (SSSR count). The van der Waals surface area contributed by atoms with Gasteiger partial charge in [-0.3, -0.25) is 19.3 Å². The molecule has 1 saturated carbocycles. The summed E-state index contributed by atoms with van der Waals surface area (Å²) in [4.78, 5) is 37.5. The normalized spacial score (nSPS) is 23.3. The first-order valence-electron chi connectivity index (χ1n) is 7.79. The summed E-state index contributed by atoms with van der Waals surface area (Å²) in [5.74, 6) is -1.11. The molecule has 0 aromatic heterocycles. The molecule has 1 aromatic carbocycles. The van der Waals surface area contributed by atoms with Crippen molar-refractivity contribution in [2.24, 2.45) is 0 Å². The molecular weight excluding hydrogens is 298 g/mol. The van der Waals surface area contributed by atoms with Gasteiger partial charge in [-0.15, -0.1) is 0 Å². The number of imide groups is 1. The summed E-state index contributed by atoms with van der Waals surface area (Å²) < 4.78 is 10.7. The second-order valence-electron chi connectivity index (χ2n) is 5.79. The molecule has 23 heavy (non-hydrogen) atoms. The van der Waals surface area contributed by atoms with E-state index in [2.05, 4.69) is 0 Å². The molecule has 1 aliphatic carbocycles. The first kappa shape index (κ1) is 15.7. The lowest BCUT2D eigenvalue weighted by molar-refractivity contribution is -0.154. The zero-order valence-corrected chi connectivity index (χ0v) is 13.0. The number of esters is 1. The fraction of sp³-hybridized carbons (Fsp3) is 0.471. The average Bonchev–Trinajstić information content (AvgIpc) is 3.10. The van der Waals surface area contributed by atoms with Crippen molar-refractivity contribution in [3.05, 3.63) is 35.4 Å². The van der Waals surface area contributed by atoms with Crippen molar-refractivity contribution in [1.82, 2.24) is 4.90 Å². The minimum absolute atomic E-state index is 0.00158. The van der Waals surface area contributed by atoms with Gasteiger partial charge < -0.3 is 9.47 Å². The molecule has 2 amide bonds.